The Hall–Kier alpha value is -1.22. The predicted octanol–water partition coefficient (Wildman–Crippen LogP) is 2.77. The van der Waals surface area contributed by atoms with Crippen LogP contribution in [0.25, 0.3) is 0 Å². The number of rotatable bonds is 6. The molecular formula is C14H24N2O. The molecular weight excluding hydrogens is 212 g/mol. The first-order chi connectivity index (χ1) is 8.11. The molecule has 3 heteroatoms. The fraction of sp³-hybridized carbons (Fsp3) is 0.571. The lowest BCUT2D eigenvalue weighted by molar-refractivity contribution is 0.411. The van der Waals surface area contributed by atoms with Crippen molar-refractivity contribution < 1.29 is 4.74 Å². The molecule has 17 heavy (non-hydrogen) atoms. The average Bonchev–Trinajstić information content (AvgIpc) is 2.32. The van der Waals surface area contributed by atoms with Crippen molar-refractivity contribution in [3.05, 3.63) is 22.8 Å². The molecule has 3 nitrogen and oxygen atoms in total. The van der Waals surface area contributed by atoms with Crippen LogP contribution in [0.2, 0.25) is 0 Å². The van der Waals surface area contributed by atoms with E-state index in [1.165, 1.54) is 22.4 Å². The summed E-state index contributed by atoms with van der Waals surface area (Å²) in [5.74, 6) is 0.965. The SMILES string of the molecule is COc1cc(C)c(NCCCCN)c(C)c1C. The molecule has 1 rings (SSSR count). The van der Waals surface area contributed by atoms with Gasteiger partial charge in [-0.25, -0.2) is 0 Å². The summed E-state index contributed by atoms with van der Waals surface area (Å²) in [7, 11) is 1.72. The van der Waals surface area contributed by atoms with Gasteiger partial charge in [0, 0.05) is 12.2 Å². The summed E-state index contributed by atoms with van der Waals surface area (Å²) in [4.78, 5) is 0. The third-order valence-corrected chi connectivity index (χ3v) is 3.20. The highest BCUT2D eigenvalue weighted by Gasteiger charge is 2.09. The zero-order chi connectivity index (χ0) is 12.8. The van der Waals surface area contributed by atoms with Gasteiger partial charge >= 0.3 is 0 Å². The Kier molecular flexibility index (Phi) is 5.29. The molecule has 3 N–H and O–H groups in total. The number of hydrogen-bond acceptors (Lipinski definition) is 3. The van der Waals surface area contributed by atoms with E-state index in [4.69, 9.17) is 10.5 Å². The lowest BCUT2D eigenvalue weighted by atomic mass is 10.0. The summed E-state index contributed by atoms with van der Waals surface area (Å²) < 4.78 is 5.36. The van der Waals surface area contributed by atoms with Crippen LogP contribution >= 0.6 is 0 Å². The highest BCUT2D eigenvalue weighted by Crippen LogP contribution is 2.30. The van der Waals surface area contributed by atoms with E-state index in [1.54, 1.807) is 7.11 Å². The number of unbranched alkanes of at least 4 members (excludes halogenated alkanes) is 1. The molecule has 0 aliphatic rings. The van der Waals surface area contributed by atoms with Gasteiger partial charge in [-0.1, -0.05) is 0 Å². The first-order valence-corrected chi connectivity index (χ1v) is 6.20. The molecule has 96 valence electrons. The summed E-state index contributed by atoms with van der Waals surface area (Å²) in [6.45, 7) is 8.08. The maximum atomic E-state index is 5.49. The van der Waals surface area contributed by atoms with Crippen LogP contribution in [0.15, 0.2) is 6.07 Å². The van der Waals surface area contributed by atoms with Gasteiger partial charge in [0.1, 0.15) is 5.75 Å². The Bertz CT molecular complexity index is 375. The second-order valence-electron chi connectivity index (χ2n) is 4.44. The average molecular weight is 236 g/mol. The number of anilines is 1. The van der Waals surface area contributed by atoms with E-state index in [2.05, 4.69) is 32.2 Å². The predicted molar refractivity (Wildman–Crippen MR) is 74.0 cm³/mol. The number of aryl methyl sites for hydroxylation is 1. The zero-order valence-corrected chi connectivity index (χ0v) is 11.4. The number of nitrogens with two attached hydrogens (primary N) is 1. The minimum atomic E-state index is 0.765. The summed E-state index contributed by atoms with van der Waals surface area (Å²) in [5, 5.41) is 3.50. The molecule has 0 amide bonds. The van der Waals surface area contributed by atoms with Crippen molar-refractivity contribution in [2.45, 2.75) is 33.6 Å². The van der Waals surface area contributed by atoms with Crippen LogP contribution < -0.4 is 15.8 Å². The van der Waals surface area contributed by atoms with Crippen molar-refractivity contribution in [3.8, 4) is 5.75 Å². The van der Waals surface area contributed by atoms with Gasteiger partial charge in [-0.2, -0.15) is 0 Å². The topological polar surface area (TPSA) is 47.3 Å². The Labute approximate surface area is 104 Å². The molecule has 0 saturated heterocycles. The van der Waals surface area contributed by atoms with Crippen molar-refractivity contribution in [2.24, 2.45) is 5.73 Å². The van der Waals surface area contributed by atoms with E-state index in [1.807, 2.05) is 0 Å². The minimum Gasteiger partial charge on any atom is -0.496 e. The van der Waals surface area contributed by atoms with Crippen molar-refractivity contribution in [1.82, 2.24) is 0 Å². The first kappa shape index (κ1) is 13.8. The number of hydrogen-bond donors (Lipinski definition) is 2. The Balaban J connectivity index is 2.81. The third kappa shape index (κ3) is 3.37. The Morgan fingerprint density at radius 1 is 1.18 bits per heavy atom. The van der Waals surface area contributed by atoms with Crippen LogP contribution in [0.3, 0.4) is 0 Å². The van der Waals surface area contributed by atoms with E-state index in [0.29, 0.717) is 0 Å². The van der Waals surface area contributed by atoms with Gasteiger partial charge in [0.15, 0.2) is 0 Å². The molecule has 0 fully saturated rings. The summed E-state index contributed by atoms with van der Waals surface area (Å²) in [6, 6.07) is 2.09. The van der Waals surface area contributed by atoms with E-state index in [9.17, 15) is 0 Å². The van der Waals surface area contributed by atoms with Crippen molar-refractivity contribution >= 4 is 5.69 Å². The van der Waals surface area contributed by atoms with E-state index in [-0.39, 0.29) is 0 Å². The monoisotopic (exact) mass is 236 g/mol. The Morgan fingerprint density at radius 2 is 1.88 bits per heavy atom. The number of nitrogens with one attached hydrogen (secondary N) is 1. The van der Waals surface area contributed by atoms with Gasteiger partial charge in [-0.05, 0) is 62.9 Å². The second-order valence-corrected chi connectivity index (χ2v) is 4.44. The number of methoxy groups -OCH3 is 1. The van der Waals surface area contributed by atoms with Gasteiger partial charge in [0.25, 0.3) is 0 Å². The van der Waals surface area contributed by atoms with Crippen molar-refractivity contribution in [2.75, 3.05) is 25.5 Å². The standard InChI is InChI=1S/C14H24N2O/c1-10-9-13(17-4)11(2)12(3)14(10)16-8-6-5-7-15/h9,16H,5-8,15H2,1-4H3. The van der Waals surface area contributed by atoms with Gasteiger partial charge in [-0.3, -0.25) is 0 Å². The molecule has 0 aliphatic carbocycles. The van der Waals surface area contributed by atoms with Gasteiger partial charge in [0.05, 0.1) is 7.11 Å². The van der Waals surface area contributed by atoms with E-state index >= 15 is 0 Å². The molecule has 0 radical (unpaired) electrons. The molecule has 0 bridgehead atoms. The van der Waals surface area contributed by atoms with Crippen LogP contribution in [0.1, 0.15) is 29.5 Å². The second kappa shape index (κ2) is 6.50. The summed E-state index contributed by atoms with van der Waals surface area (Å²) in [5.41, 5.74) is 10.4. The van der Waals surface area contributed by atoms with Gasteiger partial charge in [-0.15, -0.1) is 0 Å². The molecule has 0 saturated carbocycles. The number of benzene rings is 1. The molecule has 0 aliphatic heterocycles. The normalized spacial score (nSPS) is 10.4. The highest BCUT2D eigenvalue weighted by molar-refractivity contribution is 5.63. The quantitative estimate of drug-likeness (QED) is 0.747. The first-order valence-electron chi connectivity index (χ1n) is 6.20. The van der Waals surface area contributed by atoms with E-state index in [0.717, 1.165) is 31.7 Å². The molecule has 0 atom stereocenters. The van der Waals surface area contributed by atoms with Gasteiger partial charge in [0.2, 0.25) is 0 Å². The third-order valence-electron chi connectivity index (χ3n) is 3.20. The highest BCUT2D eigenvalue weighted by atomic mass is 16.5. The lowest BCUT2D eigenvalue weighted by Crippen LogP contribution is -2.08. The fourth-order valence-corrected chi connectivity index (χ4v) is 2.01. The molecule has 0 heterocycles. The smallest absolute Gasteiger partial charge is 0.122 e. The van der Waals surface area contributed by atoms with Crippen LogP contribution in [0, 0.1) is 20.8 Å². The maximum Gasteiger partial charge on any atom is 0.122 e. The van der Waals surface area contributed by atoms with Crippen LogP contribution in [-0.2, 0) is 0 Å². The van der Waals surface area contributed by atoms with Crippen LogP contribution in [0.5, 0.6) is 5.75 Å². The molecule has 1 aromatic rings. The minimum absolute atomic E-state index is 0.765. The van der Waals surface area contributed by atoms with Crippen molar-refractivity contribution in [1.29, 1.82) is 0 Å². The number of ether oxygens (including phenoxy) is 1. The molecule has 0 unspecified atom stereocenters. The van der Waals surface area contributed by atoms with Crippen LogP contribution in [-0.4, -0.2) is 20.2 Å². The summed E-state index contributed by atoms with van der Waals surface area (Å²) >= 11 is 0. The molecule has 0 aromatic heterocycles. The zero-order valence-electron chi connectivity index (χ0n) is 11.4. The molecule has 0 spiro atoms. The summed E-state index contributed by atoms with van der Waals surface area (Å²) in [6.07, 6.45) is 2.18. The van der Waals surface area contributed by atoms with Crippen molar-refractivity contribution in [3.63, 3.8) is 0 Å². The maximum absolute atomic E-state index is 5.49. The Morgan fingerprint density at radius 3 is 2.47 bits per heavy atom. The lowest BCUT2D eigenvalue weighted by Gasteiger charge is -2.17. The van der Waals surface area contributed by atoms with Gasteiger partial charge < -0.3 is 15.8 Å². The largest absolute Gasteiger partial charge is 0.496 e. The fourth-order valence-electron chi connectivity index (χ4n) is 2.01. The van der Waals surface area contributed by atoms with Crippen LogP contribution in [0.4, 0.5) is 5.69 Å². The molecule has 1 aromatic carbocycles. The van der Waals surface area contributed by atoms with E-state index < -0.39 is 0 Å².